The molecule has 3 N–H and O–H groups in total. The number of benzene rings is 2. The molecular weight excluding hydrogens is 468 g/mol. The predicted molar refractivity (Wildman–Crippen MR) is 144 cm³/mol. The average Bonchev–Trinajstić information content (AvgIpc) is 3.38. The molecule has 0 radical (unpaired) electrons. The molecule has 10 heteroatoms. The fourth-order valence-electron chi connectivity index (χ4n) is 4.89. The van der Waals surface area contributed by atoms with Crippen LogP contribution >= 0.6 is 0 Å². The van der Waals surface area contributed by atoms with Gasteiger partial charge in [-0.3, -0.25) is 0 Å². The molecular formula is C27H30N8O2. The number of fused-ring (bicyclic) bond motifs is 1. The highest BCUT2D eigenvalue weighted by Crippen LogP contribution is 2.31. The Hall–Kier alpha value is -4.02. The van der Waals surface area contributed by atoms with Crippen LogP contribution in [0.4, 0.5) is 22.0 Å². The number of carbonyl (C=O) groups excluding carboxylic acids is 1. The number of hydrogen-bond acceptors (Lipinski definition) is 7. The van der Waals surface area contributed by atoms with Crippen LogP contribution in [0.2, 0.25) is 0 Å². The molecule has 0 unspecified atom stereocenters. The van der Waals surface area contributed by atoms with E-state index in [0.717, 1.165) is 67.1 Å². The smallest absolute Gasteiger partial charge is 0.323 e. The minimum Gasteiger partial charge on any atom is -0.378 e. The number of carbonyl (C=O) groups is 1. The Morgan fingerprint density at radius 2 is 1.62 bits per heavy atom. The molecule has 4 aromatic rings. The van der Waals surface area contributed by atoms with E-state index in [2.05, 4.69) is 25.5 Å². The van der Waals surface area contributed by atoms with E-state index in [1.165, 1.54) is 0 Å². The number of aromatic nitrogens is 4. The lowest BCUT2D eigenvalue weighted by molar-refractivity contribution is 0.122. The van der Waals surface area contributed by atoms with E-state index in [0.29, 0.717) is 30.8 Å². The number of piperidine rings is 1. The van der Waals surface area contributed by atoms with Gasteiger partial charge in [-0.1, -0.05) is 18.2 Å². The summed E-state index contributed by atoms with van der Waals surface area (Å²) < 4.78 is 7.66. The van der Waals surface area contributed by atoms with Crippen molar-refractivity contribution in [1.82, 2.24) is 25.1 Å². The molecule has 0 atom stereocenters. The molecule has 2 aromatic carbocycles. The Morgan fingerprint density at radius 3 is 2.35 bits per heavy atom. The number of anilines is 3. The van der Waals surface area contributed by atoms with Crippen LogP contribution < -0.4 is 20.9 Å². The first-order valence-corrected chi connectivity index (χ1v) is 12.8. The third-order valence-corrected chi connectivity index (χ3v) is 6.83. The fourth-order valence-corrected chi connectivity index (χ4v) is 4.89. The third kappa shape index (κ3) is 5.11. The summed E-state index contributed by atoms with van der Waals surface area (Å²) in [5.41, 5.74) is 3.16. The van der Waals surface area contributed by atoms with Crippen molar-refractivity contribution in [3.8, 4) is 11.4 Å². The van der Waals surface area contributed by atoms with E-state index in [1.54, 1.807) is 0 Å². The maximum Gasteiger partial charge on any atom is 0.323 e. The lowest BCUT2D eigenvalue weighted by atomic mass is 10.1. The monoisotopic (exact) mass is 498 g/mol. The van der Waals surface area contributed by atoms with Crippen molar-refractivity contribution in [2.24, 2.45) is 0 Å². The van der Waals surface area contributed by atoms with Crippen molar-refractivity contribution in [2.75, 3.05) is 54.9 Å². The topological polar surface area (TPSA) is 109 Å². The molecule has 0 bridgehead atoms. The van der Waals surface area contributed by atoms with E-state index in [1.807, 2.05) is 60.8 Å². The summed E-state index contributed by atoms with van der Waals surface area (Å²) >= 11 is 0. The molecule has 10 nitrogen and oxygen atoms in total. The van der Waals surface area contributed by atoms with E-state index >= 15 is 0 Å². The maximum atomic E-state index is 12.4. The Labute approximate surface area is 215 Å². The second-order valence-electron chi connectivity index (χ2n) is 9.30. The van der Waals surface area contributed by atoms with Crippen molar-refractivity contribution in [1.29, 1.82) is 0 Å². The third-order valence-electron chi connectivity index (χ3n) is 6.83. The number of para-hydroxylation sites is 1. The zero-order valence-electron chi connectivity index (χ0n) is 20.6. The molecule has 2 aliphatic heterocycles. The van der Waals surface area contributed by atoms with Crippen molar-refractivity contribution in [2.45, 2.75) is 18.9 Å². The maximum absolute atomic E-state index is 12.4. The van der Waals surface area contributed by atoms with Crippen LogP contribution in [0.3, 0.4) is 0 Å². The highest BCUT2D eigenvalue weighted by Gasteiger charge is 2.24. The first kappa shape index (κ1) is 23.4. The molecule has 37 heavy (non-hydrogen) atoms. The molecule has 2 fully saturated rings. The van der Waals surface area contributed by atoms with Crippen molar-refractivity contribution in [3.05, 3.63) is 60.8 Å². The number of urea groups is 1. The summed E-state index contributed by atoms with van der Waals surface area (Å²) in [6, 6.07) is 17.0. The van der Waals surface area contributed by atoms with Gasteiger partial charge in [-0.05, 0) is 62.3 Å². The zero-order valence-corrected chi connectivity index (χ0v) is 20.6. The molecule has 2 aliphatic rings. The molecule has 0 saturated carbocycles. The zero-order chi connectivity index (χ0) is 25.0. The van der Waals surface area contributed by atoms with Gasteiger partial charge in [-0.25, -0.2) is 19.4 Å². The van der Waals surface area contributed by atoms with Gasteiger partial charge in [0.05, 0.1) is 30.8 Å². The molecule has 2 saturated heterocycles. The first-order valence-electron chi connectivity index (χ1n) is 12.8. The Bertz CT molecular complexity index is 1360. The van der Waals surface area contributed by atoms with Crippen LogP contribution in [0, 0.1) is 0 Å². The van der Waals surface area contributed by atoms with Gasteiger partial charge < -0.3 is 25.6 Å². The lowest BCUT2D eigenvalue weighted by Crippen LogP contribution is -2.37. The Morgan fingerprint density at radius 1 is 0.919 bits per heavy atom. The molecule has 2 aromatic heterocycles. The fraction of sp³-hybridized carbons (Fsp3) is 0.333. The minimum atomic E-state index is -0.294. The number of nitrogens with one attached hydrogen (secondary N) is 3. The second-order valence-corrected chi connectivity index (χ2v) is 9.30. The summed E-state index contributed by atoms with van der Waals surface area (Å²) in [6.07, 6.45) is 3.95. The summed E-state index contributed by atoms with van der Waals surface area (Å²) in [7, 11) is 0. The van der Waals surface area contributed by atoms with E-state index < -0.39 is 0 Å². The Kier molecular flexibility index (Phi) is 6.66. The number of nitrogens with zero attached hydrogens (tertiary/aromatic N) is 5. The highest BCUT2D eigenvalue weighted by atomic mass is 16.5. The molecule has 2 amide bonds. The largest absolute Gasteiger partial charge is 0.378 e. The molecule has 4 heterocycles. The summed E-state index contributed by atoms with van der Waals surface area (Å²) in [5.74, 6) is 1.54. The normalized spacial score (nSPS) is 16.6. The molecule has 0 aliphatic carbocycles. The van der Waals surface area contributed by atoms with Crippen LogP contribution in [0.1, 0.15) is 18.9 Å². The van der Waals surface area contributed by atoms with E-state index in [9.17, 15) is 4.79 Å². The Balaban J connectivity index is 1.30. The van der Waals surface area contributed by atoms with Crippen LogP contribution in [0.15, 0.2) is 60.8 Å². The molecule has 190 valence electrons. The summed E-state index contributed by atoms with van der Waals surface area (Å²) in [5, 5.41) is 14.9. The van der Waals surface area contributed by atoms with Gasteiger partial charge >= 0.3 is 6.03 Å². The van der Waals surface area contributed by atoms with Gasteiger partial charge in [0.15, 0.2) is 11.5 Å². The molecule has 0 spiro atoms. The van der Waals surface area contributed by atoms with Crippen molar-refractivity contribution >= 4 is 34.3 Å². The van der Waals surface area contributed by atoms with Crippen LogP contribution in [-0.2, 0) is 4.74 Å². The molecule has 6 rings (SSSR count). The summed E-state index contributed by atoms with van der Waals surface area (Å²) in [4.78, 5) is 24.6. The predicted octanol–water partition coefficient (Wildman–Crippen LogP) is 3.90. The second kappa shape index (κ2) is 10.5. The number of hydrogen-bond donors (Lipinski definition) is 3. The van der Waals surface area contributed by atoms with Gasteiger partial charge in [-0.2, -0.15) is 5.10 Å². The van der Waals surface area contributed by atoms with Gasteiger partial charge in [0.25, 0.3) is 0 Å². The minimum absolute atomic E-state index is 0.294. The van der Waals surface area contributed by atoms with Gasteiger partial charge in [-0.15, -0.1) is 0 Å². The van der Waals surface area contributed by atoms with Crippen molar-refractivity contribution < 1.29 is 9.53 Å². The summed E-state index contributed by atoms with van der Waals surface area (Å²) in [6.45, 7) is 4.87. The van der Waals surface area contributed by atoms with E-state index in [4.69, 9.17) is 19.8 Å². The quantitative estimate of drug-likeness (QED) is 0.383. The van der Waals surface area contributed by atoms with Gasteiger partial charge in [0.1, 0.15) is 5.82 Å². The van der Waals surface area contributed by atoms with Crippen LogP contribution in [-0.4, -0.2) is 65.2 Å². The number of morpholine rings is 1. The number of rotatable bonds is 5. The number of amides is 2. The average molecular weight is 499 g/mol. The van der Waals surface area contributed by atoms with Crippen molar-refractivity contribution in [3.63, 3.8) is 0 Å². The SMILES string of the molecule is O=C(Nc1ccccc1)Nc1ccc(-c2nc(N3CCOCC3)c3cnn(C4CCNCC4)c3n2)cc1. The van der Waals surface area contributed by atoms with Crippen LogP contribution in [0.5, 0.6) is 0 Å². The number of ether oxygens (including phenoxy) is 1. The van der Waals surface area contributed by atoms with E-state index in [-0.39, 0.29) is 6.03 Å². The first-order chi connectivity index (χ1) is 18.2. The van der Waals surface area contributed by atoms with Crippen LogP contribution in [0.25, 0.3) is 22.4 Å². The standard InChI is InChI=1S/C27H30N8O2/c36-27(30-20-4-2-1-3-5-20)31-21-8-6-19(7-9-21)24-32-25(34-14-16-37-17-15-34)23-18-29-35(26(23)33-24)22-10-12-28-13-11-22/h1-9,18,22,28H,10-17H2,(H2,30,31,36). The van der Waals surface area contributed by atoms with Gasteiger partial charge in [0, 0.05) is 30.0 Å². The van der Waals surface area contributed by atoms with Gasteiger partial charge in [0.2, 0.25) is 0 Å². The highest BCUT2D eigenvalue weighted by molar-refractivity contribution is 5.99. The lowest BCUT2D eigenvalue weighted by Gasteiger charge is -2.28.